The molecule has 0 saturated heterocycles. The van der Waals surface area contributed by atoms with Crippen LogP contribution in [0.2, 0.25) is 0 Å². The third-order valence-corrected chi connectivity index (χ3v) is 5.39. The molecule has 0 saturated carbocycles. The van der Waals surface area contributed by atoms with E-state index in [1.54, 1.807) is 31.3 Å². The first-order valence-corrected chi connectivity index (χ1v) is 9.41. The van der Waals surface area contributed by atoms with Crippen LogP contribution in [0.15, 0.2) is 42.1 Å². The zero-order valence-corrected chi connectivity index (χ0v) is 16.8. The number of benzene rings is 1. The highest BCUT2D eigenvalue weighted by Gasteiger charge is 2.44. The number of methoxy groups -OCH3 is 2. The molecule has 1 aromatic carbocycles. The summed E-state index contributed by atoms with van der Waals surface area (Å²) < 4.78 is 10.7. The Balaban J connectivity index is 2.11. The van der Waals surface area contributed by atoms with Crippen LogP contribution in [0.25, 0.3) is 0 Å². The topological polar surface area (TPSA) is 71.1 Å². The maximum Gasteiger partial charge on any atom is 0.322 e. The molecule has 7 nitrogen and oxygen atoms in total. The smallest absolute Gasteiger partial charge is 0.322 e. The van der Waals surface area contributed by atoms with Gasteiger partial charge >= 0.3 is 6.03 Å². The van der Waals surface area contributed by atoms with Crippen LogP contribution in [-0.4, -0.2) is 55.1 Å². The summed E-state index contributed by atoms with van der Waals surface area (Å²) in [5.74, 6) is 1.15. The van der Waals surface area contributed by atoms with E-state index in [2.05, 4.69) is 11.9 Å². The lowest BCUT2D eigenvalue weighted by Gasteiger charge is -2.33. The Kier molecular flexibility index (Phi) is 5.63. The van der Waals surface area contributed by atoms with E-state index in [0.717, 1.165) is 17.7 Å². The van der Waals surface area contributed by atoms with Crippen LogP contribution >= 0.6 is 0 Å². The highest BCUT2D eigenvalue weighted by molar-refractivity contribution is 6.01. The van der Waals surface area contributed by atoms with Gasteiger partial charge in [-0.3, -0.25) is 9.69 Å². The quantitative estimate of drug-likeness (QED) is 0.733. The predicted molar refractivity (Wildman–Crippen MR) is 106 cm³/mol. The lowest BCUT2D eigenvalue weighted by atomic mass is 9.95. The van der Waals surface area contributed by atoms with Crippen molar-refractivity contribution in [1.29, 1.82) is 0 Å². The number of hydrogen-bond donors (Lipinski definition) is 1. The van der Waals surface area contributed by atoms with Crippen LogP contribution in [0.5, 0.6) is 11.5 Å². The lowest BCUT2D eigenvalue weighted by molar-refractivity contribution is -0.127. The number of nitrogens with one attached hydrogen (secondary N) is 1. The summed E-state index contributed by atoms with van der Waals surface area (Å²) in [4.78, 5) is 29.5. The van der Waals surface area contributed by atoms with Crippen molar-refractivity contribution in [3.05, 3.63) is 47.7 Å². The molecule has 2 heterocycles. The van der Waals surface area contributed by atoms with E-state index in [1.807, 2.05) is 30.9 Å². The minimum Gasteiger partial charge on any atom is -0.497 e. The van der Waals surface area contributed by atoms with Crippen LogP contribution in [0, 0.1) is 0 Å². The average Bonchev–Trinajstić information content (AvgIpc) is 3.06. The molecule has 3 amide bonds. The van der Waals surface area contributed by atoms with Gasteiger partial charge in [0.25, 0.3) is 5.91 Å². The van der Waals surface area contributed by atoms with Crippen molar-refractivity contribution in [1.82, 2.24) is 15.1 Å². The van der Waals surface area contributed by atoms with E-state index < -0.39 is 6.04 Å². The Labute approximate surface area is 165 Å². The Bertz CT molecular complexity index is 811. The summed E-state index contributed by atoms with van der Waals surface area (Å²) in [6.45, 7) is 8.57. The summed E-state index contributed by atoms with van der Waals surface area (Å²) >= 11 is 0. The van der Waals surface area contributed by atoms with Crippen molar-refractivity contribution in [3.63, 3.8) is 0 Å². The molecule has 2 atom stereocenters. The van der Waals surface area contributed by atoms with Gasteiger partial charge in [0, 0.05) is 18.7 Å². The second-order valence-corrected chi connectivity index (χ2v) is 6.98. The number of nitrogens with zero attached hydrogens (tertiary/aromatic N) is 2. The Morgan fingerprint density at radius 2 is 1.89 bits per heavy atom. The molecular formula is C21H27N3O4. The summed E-state index contributed by atoms with van der Waals surface area (Å²) in [6, 6.07) is 4.67. The van der Waals surface area contributed by atoms with Gasteiger partial charge < -0.3 is 19.7 Å². The summed E-state index contributed by atoms with van der Waals surface area (Å²) in [5, 5.41) is 2.97. The average molecular weight is 385 g/mol. The van der Waals surface area contributed by atoms with E-state index in [9.17, 15) is 9.59 Å². The van der Waals surface area contributed by atoms with Crippen molar-refractivity contribution >= 4 is 11.9 Å². The number of amides is 3. The second-order valence-electron chi connectivity index (χ2n) is 6.98. The SMILES string of the molecule is C=CCN1C(=O)N[C@@H](c2cc(OC)cc(OC)c2)C2=C1CN([C@@H](C)CC)C2=O. The molecule has 0 spiro atoms. The molecule has 0 fully saturated rings. The van der Waals surface area contributed by atoms with Gasteiger partial charge in [0.1, 0.15) is 11.5 Å². The molecule has 1 N–H and O–H groups in total. The van der Waals surface area contributed by atoms with Crippen molar-refractivity contribution < 1.29 is 19.1 Å². The molecular weight excluding hydrogens is 358 g/mol. The molecule has 2 aliphatic rings. The fourth-order valence-corrected chi connectivity index (χ4v) is 3.66. The van der Waals surface area contributed by atoms with Crippen LogP contribution in [-0.2, 0) is 4.79 Å². The fraction of sp³-hybridized carbons (Fsp3) is 0.429. The van der Waals surface area contributed by atoms with Crippen molar-refractivity contribution in [3.8, 4) is 11.5 Å². The van der Waals surface area contributed by atoms with E-state index in [1.165, 1.54) is 0 Å². The highest BCUT2D eigenvalue weighted by Crippen LogP contribution is 2.39. The van der Waals surface area contributed by atoms with Crippen LogP contribution in [0.4, 0.5) is 4.79 Å². The van der Waals surface area contributed by atoms with Gasteiger partial charge in [-0.1, -0.05) is 13.0 Å². The molecule has 2 aliphatic heterocycles. The van der Waals surface area contributed by atoms with Gasteiger partial charge in [0.15, 0.2) is 0 Å². The van der Waals surface area contributed by atoms with Gasteiger partial charge in [-0.25, -0.2) is 4.79 Å². The Hall–Kier alpha value is -2.96. The maximum atomic E-state index is 13.3. The molecule has 150 valence electrons. The minimum absolute atomic E-state index is 0.0507. The van der Waals surface area contributed by atoms with Gasteiger partial charge in [0.2, 0.25) is 0 Å². The molecule has 0 aromatic heterocycles. The molecule has 0 radical (unpaired) electrons. The molecule has 0 aliphatic carbocycles. The number of carbonyl (C=O) groups excluding carboxylic acids is 2. The van der Waals surface area contributed by atoms with E-state index in [0.29, 0.717) is 30.2 Å². The first kappa shape index (κ1) is 19.8. The predicted octanol–water partition coefficient (Wildman–Crippen LogP) is 2.85. The first-order valence-electron chi connectivity index (χ1n) is 9.41. The van der Waals surface area contributed by atoms with Crippen molar-refractivity contribution in [2.24, 2.45) is 0 Å². The highest BCUT2D eigenvalue weighted by atomic mass is 16.5. The first-order chi connectivity index (χ1) is 13.4. The normalized spacial score (nSPS) is 20.1. The molecule has 1 aromatic rings. The zero-order valence-electron chi connectivity index (χ0n) is 16.8. The Morgan fingerprint density at radius 1 is 1.25 bits per heavy atom. The van der Waals surface area contributed by atoms with E-state index >= 15 is 0 Å². The molecule has 3 rings (SSSR count). The number of hydrogen-bond acceptors (Lipinski definition) is 4. The van der Waals surface area contributed by atoms with Crippen LogP contribution < -0.4 is 14.8 Å². The number of ether oxygens (including phenoxy) is 2. The number of carbonyl (C=O) groups is 2. The molecule has 7 heteroatoms. The fourth-order valence-electron chi connectivity index (χ4n) is 3.66. The number of rotatable bonds is 7. The monoisotopic (exact) mass is 385 g/mol. The van der Waals surface area contributed by atoms with Crippen LogP contribution in [0.1, 0.15) is 31.9 Å². The summed E-state index contributed by atoms with van der Waals surface area (Å²) in [6.07, 6.45) is 2.50. The van der Waals surface area contributed by atoms with Gasteiger partial charge in [0.05, 0.1) is 38.1 Å². The van der Waals surface area contributed by atoms with Gasteiger partial charge in [-0.05, 0) is 31.0 Å². The van der Waals surface area contributed by atoms with E-state index in [-0.39, 0.29) is 18.0 Å². The summed E-state index contributed by atoms with van der Waals surface area (Å²) in [7, 11) is 3.14. The third-order valence-electron chi connectivity index (χ3n) is 5.39. The zero-order chi connectivity index (χ0) is 20.4. The summed E-state index contributed by atoms with van der Waals surface area (Å²) in [5.41, 5.74) is 2.08. The van der Waals surface area contributed by atoms with Crippen molar-refractivity contribution in [2.75, 3.05) is 27.3 Å². The largest absolute Gasteiger partial charge is 0.497 e. The van der Waals surface area contributed by atoms with Crippen LogP contribution in [0.3, 0.4) is 0 Å². The van der Waals surface area contributed by atoms with Gasteiger partial charge in [-0.15, -0.1) is 6.58 Å². The lowest BCUT2D eigenvalue weighted by Crippen LogP contribution is -2.47. The molecule has 0 unspecified atom stereocenters. The van der Waals surface area contributed by atoms with Crippen molar-refractivity contribution in [2.45, 2.75) is 32.4 Å². The third kappa shape index (κ3) is 3.32. The second kappa shape index (κ2) is 7.96. The maximum absolute atomic E-state index is 13.3. The van der Waals surface area contributed by atoms with Gasteiger partial charge in [-0.2, -0.15) is 0 Å². The molecule has 28 heavy (non-hydrogen) atoms. The number of urea groups is 1. The Morgan fingerprint density at radius 3 is 2.43 bits per heavy atom. The standard InChI is InChI=1S/C21H27N3O4/c1-6-8-23-17-12-24(13(3)7-2)20(25)18(17)19(22-21(23)26)14-9-15(27-4)11-16(10-14)28-5/h6,9-11,13,19H,1,7-8,12H2,2-5H3,(H,22,26)/t13-,19-/m0/s1. The molecule has 0 bridgehead atoms. The minimum atomic E-state index is -0.561. The van der Waals surface area contributed by atoms with E-state index in [4.69, 9.17) is 9.47 Å².